The molecule has 2 aliphatic heterocycles. The van der Waals surface area contributed by atoms with Crippen molar-refractivity contribution in [1.82, 2.24) is 4.98 Å². The van der Waals surface area contributed by atoms with Crippen molar-refractivity contribution in [2.24, 2.45) is 0 Å². The van der Waals surface area contributed by atoms with E-state index >= 15 is 0 Å². The van der Waals surface area contributed by atoms with Crippen molar-refractivity contribution in [2.75, 3.05) is 0 Å². The highest BCUT2D eigenvalue weighted by Crippen LogP contribution is 2.35. The fourth-order valence-electron chi connectivity index (χ4n) is 3.17. The van der Waals surface area contributed by atoms with Crippen LogP contribution in [0.25, 0.3) is 16.8 Å². The Hall–Kier alpha value is -3.73. The number of hydrogen-bond acceptors (Lipinski definition) is 4. The van der Waals surface area contributed by atoms with Crippen molar-refractivity contribution in [3.05, 3.63) is 95.6 Å². The van der Waals surface area contributed by atoms with Gasteiger partial charge in [0.15, 0.2) is 5.76 Å². The first-order chi connectivity index (χ1) is 13.3. The number of carbonyl (C=O) groups is 1. The van der Waals surface area contributed by atoms with Crippen molar-refractivity contribution in [1.29, 1.82) is 0 Å². The maximum atomic E-state index is 12.1. The largest absolute Gasteiger partial charge is 0.431 e. The molecule has 0 amide bonds. The van der Waals surface area contributed by atoms with Gasteiger partial charge in [-0.2, -0.15) is 0 Å². The highest BCUT2D eigenvalue weighted by Gasteiger charge is 2.28. The third kappa shape index (κ3) is 3.00. The summed E-state index contributed by atoms with van der Waals surface area (Å²) in [6.07, 6.45) is 9.79. The second-order valence-corrected chi connectivity index (χ2v) is 6.29. The van der Waals surface area contributed by atoms with Gasteiger partial charge in [-0.1, -0.05) is 30.4 Å². The molecule has 0 spiro atoms. The Kier molecular flexibility index (Phi) is 3.57. The Morgan fingerprint density at radius 1 is 1.11 bits per heavy atom. The molecule has 5 rings (SSSR count). The highest BCUT2D eigenvalue weighted by atomic mass is 16.7. The number of hydrogen-bond donors (Lipinski definition) is 1. The normalized spacial score (nSPS) is 17.2. The molecule has 5 nitrogen and oxygen atoms in total. The smallest absolute Gasteiger partial charge is 0.360 e. The molecule has 2 aromatic carbocycles. The molecule has 0 saturated heterocycles. The van der Waals surface area contributed by atoms with Crippen LogP contribution in [0.2, 0.25) is 0 Å². The van der Waals surface area contributed by atoms with Gasteiger partial charge in [0.2, 0.25) is 0 Å². The molecule has 1 N–H and O–H groups in total. The zero-order valence-electron chi connectivity index (χ0n) is 14.3. The second-order valence-electron chi connectivity index (χ2n) is 6.29. The first-order valence-corrected chi connectivity index (χ1v) is 8.60. The summed E-state index contributed by atoms with van der Waals surface area (Å²) >= 11 is 0. The molecule has 3 heterocycles. The fraction of sp³-hybridized carbons (Fsp3) is 0.0455. The Balaban J connectivity index is 1.52. The van der Waals surface area contributed by atoms with Gasteiger partial charge in [0.05, 0.1) is 6.26 Å². The minimum absolute atomic E-state index is 0.409. The van der Waals surface area contributed by atoms with Crippen LogP contribution in [0.5, 0.6) is 5.75 Å². The van der Waals surface area contributed by atoms with Crippen LogP contribution in [0.15, 0.2) is 78.8 Å². The number of allylic oxidation sites excluding steroid dienone is 3. The van der Waals surface area contributed by atoms with Crippen LogP contribution in [0, 0.1) is 0 Å². The van der Waals surface area contributed by atoms with Gasteiger partial charge < -0.3 is 19.2 Å². The van der Waals surface area contributed by atoms with E-state index in [1.807, 2.05) is 36.4 Å². The van der Waals surface area contributed by atoms with Gasteiger partial charge in [-0.3, -0.25) is 0 Å². The van der Waals surface area contributed by atoms with Crippen LogP contribution in [0.3, 0.4) is 0 Å². The van der Waals surface area contributed by atoms with Crippen molar-refractivity contribution < 1.29 is 19.0 Å². The van der Waals surface area contributed by atoms with Crippen LogP contribution >= 0.6 is 0 Å². The van der Waals surface area contributed by atoms with E-state index in [0.29, 0.717) is 23.8 Å². The predicted octanol–water partition coefficient (Wildman–Crippen LogP) is 4.69. The van der Waals surface area contributed by atoms with Crippen molar-refractivity contribution in [3.63, 3.8) is 0 Å². The molecule has 2 aliphatic rings. The number of ether oxygens (including phenoxy) is 3. The average molecular weight is 357 g/mol. The highest BCUT2D eigenvalue weighted by molar-refractivity contribution is 5.94. The molecule has 0 aliphatic carbocycles. The minimum Gasteiger partial charge on any atom is -0.431 e. The summed E-state index contributed by atoms with van der Waals surface area (Å²) in [6.45, 7) is 0. The summed E-state index contributed by atoms with van der Waals surface area (Å²) in [5, 5.41) is 2.08. The van der Waals surface area contributed by atoms with Crippen molar-refractivity contribution in [2.45, 2.75) is 6.42 Å². The van der Waals surface area contributed by atoms with E-state index in [-0.39, 0.29) is 0 Å². The minimum atomic E-state index is -0.409. The van der Waals surface area contributed by atoms with Crippen LogP contribution in [0.1, 0.15) is 21.6 Å². The van der Waals surface area contributed by atoms with Gasteiger partial charge in [-0.05, 0) is 52.2 Å². The quantitative estimate of drug-likeness (QED) is 0.534. The molecule has 5 heteroatoms. The second kappa shape index (κ2) is 6.21. The Labute approximate surface area is 155 Å². The lowest BCUT2D eigenvalue weighted by molar-refractivity contribution is 0.0729. The maximum Gasteiger partial charge on any atom is 0.360 e. The third-order valence-corrected chi connectivity index (χ3v) is 4.53. The zero-order valence-corrected chi connectivity index (χ0v) is 14.3. The van der Waals surface area contributed by atoms with Gasteiger partial charge in [0, 0.05) is 12.6 Å². The molecular weight excluding hydrogens is 342 g/mol. The van der Waals surface area contributed by atoms with E-state index in [9.17, 15) is 4.79 Å². The van der Waals surface area contributed by atoms with Gasteiger partial charge in [-0.15, -0.1) is 0 Å². The summed E-state index contributed by atoms with van der Waals surface area (Å²) in [4.78, 5) is 15.0. The molecule has 0 radical (unpaired) electrons. The molecule has 0 fully saturated rings. The molecule has 0 bridgehead atoms. The number of rotatable bonds is 2. The van der Waals surface area contributed by atoms with Gasteiger partial charge in [-0.25, -0.2) is 4.79 Å². The maximum absolute atomic E-state index is 12.1. The monoisotopic (exact) mass is 357 g/mol. The molecule has 0 unspecified atom stereocenters. The molecule has 0 saturated carbocycles. The molecule has 0 atom stereocenters. The molecule has 3 aromatic rings. The number of aromatic nitrogens is 1. The summed E-state index contributed by atoms with van der Waals surface area (Å²) in [5.74, 6) is 1.54. The Morgan fingerprint density at radius 3 is 2.96 bits per heavy atom. The van der Waals surface area contributed by atoms with Gasteiger partial charge in [0.25, 0.3) is 0 Å². The summed E-state index contributed by atoms with van der Waals surface area (Å²) in [7, 11) is 0. The van der Waals surface area contributed by atoms with E-state index in [4.69, 9.17) is 14.2 Å². The van der Waals surface area contributed by atoms with Crippen LogP contribution in [0.4, 0.5) is 0 Å². The first-order valence-electron chi connectivity index (χ1n) is 8.60. The van der Waals surface area contributed by atoms with E-state index < -0.39 is 5.97 Å². The number of nitrogens with one attached hydrogen (secondary N) is 1. The molecular formula is C22H15NO4. The van der Waals surface area contributed by atoms with Crippen molar-refractivity contribution >= 4 is 22.8 Å². The average Bonchev–Trinajstić information content (AvgIpc) is 3.17. The van der Waals surface area contributed by atoms with Gasteiger partial charge >= 0.3 is 11.9 Å². The lowest BCUT2D eigenvalue weighted by atomic mass is 9.96. The van der Waals surface area contributed by atoms with E-state index in [1.165, 1.54) is 0 Å². The molecule has 132 valence electrons. The SMILES string of the molecule is O=C(Oc1ccc2c3c(ccc2c1)CC1=C(O/C=C/C=C\3)O1)c1ccc[nH]1. The van der Waals surface area contributed by atoms with E-state index in [1.54, 1.807) is 24.6 Å². The standard InChI is InChI=1S/C22H15NO4/c24-21(19-5-3-10-23-19)26-16-8-9-18-14(12-16)6-7-15-13-20-22(27-20)25-11-2-1-4-17(15)18/h1-12,23H,13H2/b4-1-,11-2+. The number of esters is 1. The van der Waals surface area contributed by atoms with Gasteiger partial charge in [0.1, 0.15) is 11.4 Å². The van der Waals surface area contributed by atoms with E-state index in [0.717, 1.165) is 27.7 Å². The fourth-order valence-corrected chi connectivity index (χ4v) is 3.17. The van der Waals surface area contributed by atoms with Crippen LogP contribution < -0.4 is 4.74 Å². The number of fused-ring (bicyclic) bond motifs is 3. The molecule has 1 aromatic heterocycles. The predicted molar refractivity (Wildman–Crippen MR) is 101 cm³/mol. The number of carbonyl (C=O) groups excluding carboxylic acids is 1. The number of aromatic amines is 1. The Bertz CT molecular complexity index is 1140. The number of H-pyrrole nitrogens is 1. The first kappa shape index (κ1) is 15.5. The van der Waals surface area contributed by atoms with Crippen LogP contribution in [-0.2, 0) is 15.9 Å². The summed E-state index contributed by atoms with van der Waals surface area (Å²) in [5.41, 5.74) is 2.69. The lowest BCUT2D eigenvalue weighted by Gasteiger charge is -2.10. The third-order valence-electron chi connectivity index (χ3n) is 4.53. The summed E-state index contributed by atoms with van der Waals surface area (Å²) < 4.78 is 16.2. The number of benzene rings is 2. The van der Waals surface area contributed by atoms with Crippen molar-refractivity contribution in [3.8, 4) is 5.75 Å². The molecule has 27 heavy (non-hydrogen) atoms. The summed E-state index contributed by atoms with van der Waals surface area (Å²) in [6, 6.07) is 13.2. The van der Waals surface area contributed by atoms with E-state index in [2.05, 4.69) is 17.1 Å². The zero-order chi connectivity index (χ0) is 18.2. The van der Waals surface area contributed by atoms with Crippen LogP contribution in [-0.4, -0.2) is 11.0 Å². The Morgan fingerprint density at radius 2 is 2.07 bits per heavy atom. The lowest BCUT2D eigenvalue weighted by Crippen LogP contribution is -2.08. The topological polar surface area (TPSA) is 63.9 Å².